The SMILES string of the molecule is COc1ccc2c(Oc3ccc(NC(=O)c4c[nH]n(-c5ccccc5)c4=O)nc3)ccnc2c1. The molecule has 2 N–H and O–H groups in total. The third-order valence-corrected chi connectivity index (χ3v) is 5.15. The zero-order valence-corrected chi connectivity index (χ0v) is 18.1. The van der Waals surface area contributed by atoms with Gasteiger partial charge in [-0.15, -0.1) is 0 Å². The number of aromatic nitrogens is 4. The Morgan fingerprint density at radius 3 is 2.59 bits per heavy atom. The van der Waals surface area contributed by atoms with Gasteiger partial charge in [-0.1, -0.05) is 18.2 Å². The average molecular weight is 453 g/mol. The van der Waals surface area contributed by atoms with Crippen molar-refractivity contribution in [1.82, 2.24) is 19.7 Å². The number of rotatable bonds is 6. The van der Waals surface area contributed by atoms with Crippen molar-refractivity contribution < 1.29 is 14.3 Å². The standard InChI is InChI=1S/C25H19N5O4/c1-33-17-7-9-19-21(13-17)26-12-11-22(19)34-18-8-10-23(27-14-18)29-24(31)20-15-28-30(25(20)32)16-5-3-2-4-6-16/h2-15,28H,1H3,(H,27,29,31). The molecule has 9 nitrogen and oxygen atoms in total. The van der Waals surface area contributed by atoms with Crippen molar-refractivity contribution in [2.45, 2.75) is 0 Å². The number of hydrogen-bond acceptors (Lipinski definition) is 6. The Morgan fingerprint density at radius 1 is 1.00 bits per heavy atom. The maximum Gasteiger partial charge on any atom is 0.284 e. The number of aromatic amines is 1. The first kappa shape index (κ1) is 21.0. The molecule has 0 aliphatic rings. The molecule has 2 aromatic carbocycles. The molecular formula is C25H19N5O4. The van der Waals surface area contributed by atoms with Gasteiger partial charge in [-0.3, -0.25) is 19.7 Å². The van der Waals surface area contributed by atoms with Crippen molar-refractivity contribution in [2.75, 3.05) is 12.4 Å². The number of benzene rings is 2. The summed E-state index contributed by atoms with van der Waals surface area (Å²) in [5.74, 6) is 1.52. The second-order valence-corrected chi connectivity index (χ2v) is 7.29. The van der Waals surface area contributed by atoms with Gasteiger partial charge in [-0.05, 0) is 42.5 Å². The fraction of sp³-hybridized carbons (Fsp3) is 0.0400. The summed E-state index contributed by atoms with van der Waals surface area (Å²) in [6.07, 6.45) is 4.51. The van der Waals surface area contributed by atoms with E-state index in [1.807, 2.05) is 36.4 Å². The highest BCUT2D eigenvalue weighted by Crippen LogP contribution is 2.30. The molecule has 5 aromatic rings. The maximum atomic E-state index is 12.6. The van der Waals surface area contributed by atoms with Crippen molar-refractivity contribution in [2.24, 2.45) is 0 Å². The molecule has 0 unspecified atom stereocenters. The summed E-state index contributed by atoms with van der Waals surface area (Å²) in [4.78, 5) is 33.8. The molecule has 9 heteroatoms. The van der Waals surface area contributed by atoms with Crippen LogP contribution in [0.3, 0.4) is 0 Å². The van der Waals surface area contributed by atoms with E-state index in [0.717, 1.165) is 10.9 Å². The molecule has 168 valence electrons. The Morgan fingerprint density at radius 2 is 1.82 bits per heavy atom. The van der Waals surface area contributed by atoms with Crippen LogP contribution in [0.1, 0.15) is 10.4 Å². The number of carbonyl (C=O) groups excluding carboxylic acids is 1. The van der Waals surface area contributed by atoms with Crippen LogP contribution in [0.2, 0.25) is 0 Å². The van der Waals surface area contributed by atoms with Crippen LogP contribution in [0.4, 0.5) is 5.82 Å². The van der Waals surface area contributed by atoms with Crippen molar-refractivity contribution in [3.8, 4) is 22.9 Å². The lowest BCUT2D eigenvalue weighted by molar-refractivity contribution is 0.102. The lowest BCUT2D eigenvalue weighted by Crippen LogP contribution is -2.24. The lowest BCUT2D eigenvalue weighted by atomic mass is 10.2. The van der Waals surface area contributed by atoms with E-state index in [1.54, 1.807) is 43.6 Å². The number of amides is 1. The largest absolute Gasteiger partial charge is 0.497 e. The molecule has 0 saturated carbocycles. The number of nitrogens with one attached hydrogen (secondary N) is 2. The van der Waals surface area contributed by atoms with Crippen LogP contribution in [-0.2, 0) is 0 Å². The van der Waals surface area contributed by atoms with Crippen molar-refractivity contribution in [1.29, 1.82) is 0 Å². The number of ether oxygens (including phenoxy) is 2. The molecule has 1 amide bonds. The number of hydrogen-bond donors (Lipinski definition) is 2. The predicted octanol–water partition coefficient (Wildman–Crippen LogP) is 4.16. The minimum Gasteiger partial charge on any atom is -0.497 e. The predicted molar refractivity (Wildman–Crippen MR) is 127 cm³/mol. The van der Waals surface area contributed by atoms with Gasteiger partial charge in [0.2, 0.25) is 0 Å². The molecule has 34 heavy (non-hydrogen) atoms. The Labute approximate surface area is 193 Å². The van der Waals surface area contributed by atoms with Crippen molar-refractivity contribution in [3.63, 3.8) is 0 Å². The van der Waals surface area contributed by atoms with Crippen molar-refractivity contribution >= 4 is 22.6 Å². The number of anilines is 1. The fourth-order valence-corrected chi connectivity index (χ4v) is 3.44. The second-order valence-electron chi connectivity index (χ2n) is 7.29. The number of para-hydroxylation sites is 1. The second kappa shape index (κ2) is 8.91. The van der Waals surface area contributed by atoms with E-state index < -0.39 is 11.5 Å². The van der Waals surface area contributed by atoms with Gasteiger partial charge < -0.3 is 14.8 Å². The molecule has 0 aliphatic carbocycles. The number of H-pyrrole nitrogens is 1. The van der Waals surface area contributed by atoms with Gasteiger partial charge in [-0.2, -0.15) is 0 Å². The van der Waals surface area contributed by atoms with Gasteiger partial charge >= 0.3 is 0 Å². The Kier molecular flexibility index (Phi) is 5.49. The van der Waals surface area contributed by atoms with Gasteiger partial charge in [0, 0.05) is 23.8 Å². The minimum atomic E-state index is -0.564. The first-order valence-corrected chi connectivity index (χ1v) is 10.4. The molecule has 0 fully saturated rings. The van der Waals surface area contributed by atoms with E-state index >= 15 is 0 Å². The van der Waals surface area contributed by atoms with E-state index in [0.29, 0.717) is 22.9 Å². The highest BCUT2D eigenvalue weighted by atomic mass is 16.5. The average Bonchev–Trinajstić information content (AvgIpc) is 3.27. The molecule has 3 aromatic heterocycles. The number of pyridine rings is 2. The summed E-state index contributed by atoms with van der Waals surface area (Å²) in [7, 11) is 1.60. The summed E-state index contributed by atoms with van der Waals surface area (Å²) in [6, 6.07) is 19.6. The van der Waals surface area contributed by atoms with Crippen LogP contribution >= 0.6 is 0 Å². The molecule has 0 radical (unpaired) electrons. The first-order chi connectivity index (χ1) is 16.6. The molecule has 3 heterocycles. The molecule has 5 rings (SSSR count). The highest BCUT2D eigenvalue weighted by Gasteiger charge is 2.16. The Hall–Kier alpha value is -4.92. The first-order valence-electron chi connectivity index (χ1n) is 10.4. The Balaban J connectivity index is 1.31. The number of methoxy groups -OCH3 is 1. The highest BCUT2D eigenvalue weighted by molar-refractivity contribution is 6.03. The van der Waals surface area contributed by atoms with Gasteiger partial charge in [0.05, 0.1) is 24.5 Å². The fourth-order valence-electron chi connectivity index (χ4n) is 3.44. The third kappa shape index (κ3) is 4.09. The van der Waals surface area contributed by atoms with Gasteiger partial charge in [0.15, 0.2) is 0 Å². The quantitative estimate of drug-likeness (QED) is 0.399. The molecule has 0 aliphatic heterocycles. The van der Waals surface area contributed by atoms with Crippen LogP contribution in [0, 0.1) is 0 Å². The maximum absolute atomic E-state index is 12.6. The summed E-state index contributed by atoms with van der Waals surface area (Å²) in [6.45, 7) is 0. The smallest absolute Gasteiger partial charge is 0.284 e. The normalized spacial score (nSPS) is 10.7. The van der Waals surface area contributed by atoms with Crippen LogP contribution in [0.15, 0.2) is 90.1 Å². The van der Waals surface area contributed by atoms with E-state index in [4.69, 9.17) is 9.47 Å². The lowest BCUT2D eigenvalue weighted by Gasteiger charge is -2.10. The van der Waals surface area contributed by atoms with Gasteiger partial charge in [0.25, 0.3) is 11.5 Å². The monoisotopic (exact) mass is 453 g/mol. The van der Waals surface area contributed by atoms with E-state index in [2.05, 4.69) is 20.4 Å². The number of fused-ring (bicyclic) bond motifs is 1. The van der Waals surface area contributed by atoms with Crippen LogP contribution in [-0.4, -0.2) is 32.8 Å². The molecule has 0 atom stereocenters. The van der Waals surface area contributed by atoms with Crippen LogP contribution < -0.4 is 20.3 Å². The topological polar surface area (TPSA) is 111 Å². The molecule has 0 bridgehead atoms. The third-order valence-electron chi connectivity index (χ3n) is 5.15. The minimum absolute atomic E-state index is 0.0235. The Bertz CT molecular complexity index is 1530. The summed E-state index contributed by atoms with van der Waals surface area (Å²) >= 11 is 0. The summed E-state index contributed by atoms with van der Waals surface area (Å²) in [5.41, 5.74) is 0.893. The van der Waals surface area contributed by atoms with Crippen LogP contribution in [0.5, 0.6) is 17.2 Å². The number of nitrogens with zero attached hydrogens (tertiary/aromatic N) is 3. The summed E-state index contributed by atoms with van der Waals surface area (Å²) in [5, 5.41) is 6.26. The molecule has 0 spiro atoms. The van der Waals surface area contributed by atoms with E-state index in [9.17, 15) is 9.59 Å². The van der Waals surface area contributed by atoms with Crippen molar-refractivity contribution in [3.05, 3.63) is 101 Å². The van der Waals surface area contributed by atoms with Crippen LogP contribution in [0.25, 0.3) is 16.6 Å². The zero-order valence-electron chi connectivity index (χ0n) is 18.1. The zero-order chi connectivity index (χ0) is 23.5. The summed E-state index contributed by atoms with van der Waals surface area (Å²) < 4.78 is 12.5. The van der Waals surface area contributed by atoms with E-state index in [-0.39, 0.29) is 11.4 Å². The molecule has 0 saturated heterocycles. The van der Waals surface area contributed by atoms with Gasteiger partial charge in [0.1, 0.15) is 28.6 Å². The van der Waals surface area contributed by atoms with E-state index in [1.165, 1.54) is 17.1 Å². The number of carbonyl (C=O) groups is 1. The van der Waals surface area contributed by atoms with Gasteiger partial charge in [-0.25, -0.2) is 9.67 Å². The molecular weight excluding hydrogens is 434 g/mol.